The molecule has 0 unspecified atom stereocenters. The fourth-order valence-corrected chi connectivity index (χ4v) is 2.80. The van der Waals surface area contributed by atoms with Gasteiger partial charge in [-0.3, -0.25) is 0 Å². The van der Waals surface area contributed by atoms with Crippen molar-refractivity contribution in [2.45, 2.75) is 19.3 Å². The third-order valence-electron chi connectivity index (χ3n) is 3.96. The van der Waals surface area contributed by atoms with E-state index in [2.05, 4.69) is 43.7 Å². The van der Waals surface area contributed by atoms with Crippen molar-refractivity contribution in [3.63, 3.8) is 0 Å². The first-order valence-corrected chi connectivity index (χ1v) is 7.29. The highest BCUT2D eigenvalue weighted by Crippen LogP contribution is 2.29. The molecule has 0 aromatic carbocycles. The van der Waals surface area contributed by atoms with Crippen LogP contribution in [0.15, 0.2) is 12.1 Å². The molecule has 3 rings (SSSR count). The van der Waals surface area contributed by atoms with E-state index in [4.69, 9.17) is 5.73 Å². The van der Waals surface area contributed by atoms with Gasteiger partial charge in [-0.1, -0.05) is 6.07 Å². The van der Waals surface area contributed by atoms with Crippen LogP contribution in [0.2, 0.25) is 0 Å². The number of nitrogens with zero attached hydrogens (tertiary/aromatic N) is 3. The van der Waals surface area contributed by atoms with E-state index in [1.807, 2.05) is 4.52 Å². The SMILES string of the molecule is C[N+](C)(C)CCNc1nn2c3c(ccc2c1N)CCC3.Cl.[Cl-]. The van der Waals surface area contributed by atoms with E-state index in [9.17, 15) is 0 Å². The summed E-state index contributed by atoms with van der Waals surface area (Å²) in [6.07, 6.45) is 3.49. The molecule has 2 aromatic heterocycles. The van der Waals surface area contributed by atoms with E-state index in [-0.39, 0.29) is 24.8 Å². The highest BCUT2D eigenvalue weighted by atomic mass is 35.5. The van der Waals surface area contributed by atoms with Crippen LogP contribution in [0, 0.1) is 0 Å². The van der Waals surface area contributed by atoms with Gasteiger partial charge in [0.1, 0.15) is 5.69 Å². The Morgan fingerprint density at radius 1 is 1.27 bits per heavy atom. The number of quaternary nitrogens is 1. The van der Waals surface area contributed by atoms with Gasteiger partial charge in [0.15, 0.2) is 5.82 Å². The summed E-state index contributed by atoms with van der Waals surface area (Å²) in [5.74, 6) is 0.818. The van der Waals surface area contributed by atoms with Crippen molar-refractivity contribution in [1.82, 2.24) is 9.61 Å². The lowest BCUT2D eigenvalue weighted by Gasteiger charge is -2.23. The number of aromatic nitrogens is 2. The van der Waals surface area contributed by atoms with Crippen LogP contribution in [0.4, 0.5) is 11.5 Å². The number of nitrogens with one attached hydrogen (secondary N) is 1. The number of nitrogens with two attached hydrogens (primary N) is 1. The van der Waals surface area contributed by atoms with Crippen LogP contribution < -0.4 is 23.5 Å². The zero-order valence-corrected chi connectivity index (χ0v) is 15.0. The minimum Gasteiger partial charge on any atom is -1.00 e. The lowest BCUT2D eigenvalue weighted by atomic mass is 10.2. The Morgan fingerprint density at radius 2 is 2.00 bits per heavy atom. The maximum atomic E-state index is 6.23. The number of pyridine rings is 1. The van der Waals surface area contributed by atoms with Crippen LogP contribution in [-0.4, -0.2) is 48.3 Å². The van der Waals surface area contributed by atoms with Crippen molar-refractivity contribution in [3.05, 3.63) is 23.4 Å². The number of likely N-dealkylation sites (N-methyl/N-ethyl adjacent to an activating group) is 1. The molecule has 0 atom stereocenters. The van der Waals surface area contributed by atoms with Crippen LogP contribution in [0.25, 0.3) is 5.52 Å². The van der Waals surface area contributed by atoms with Crippen LogP contribution in [0.5, 0.6) is 0 Å². The molecule has 2 heterocycles. The molecular weight excluding hydrogens is 321 g/mol. The minimum absolute atomic E-state index is 0. The molecule has 0 bridgehead atoms. The molecule has 0 aliphatic heterocycles. The summed E-state index contributed by atoms with van der Waals surface area (Å²) >= 11 is 0. The number of nitrogen functional groups attached to an aromatic ring is 1. The molecule has 5 nitrogen and oxygen atoms in total. The molecule has 0 fully saturated rings. The van der Waals surface area contributed by atoms with Gasteiger partial charge < -0.3 is 27.9 Å². The Morgan fingerprint density at radius 3 is 2.68 bits per heavy atom. The third kappa shape index (κ3) is 3.59. The van der Waals surface area contributed by atoms with Crippen molar-refractivity contribution in [3.8, 4) is 0 Å². The molecule has 0 amide bonds. The molecule has 124 valence electrons. The van der Waals surface area contributed by atoms with E-state index in [0.29, 0.717) is 0 Å². The van der Waals surface area contributed by atoms with Crippen molar-refractivity contribution >= 4 is 29.4 Å². The summed E-state index contributed by atoms with van der Waals surface area (Å²) in [6.45, 7) is 1.91. The Kier molecular flexibility index (Phi) is 5.96. The molecule has 7 heteroatoms. The molecule has 1 aliphatic carbocycles. The number of aryl methyl sites for hydroxylation is 2. The van der Waals surface area contributed by atoms with Crippen LogP contribution >= 0.6 is 12.4 Å². The Hall–Kier alpha value is -1.17. The van der Waals surface area contributed by atoms with Crippen LogP contribution in [0.3, 0.4) is 0 Å². The Balaban J connectivity index is 0.00000121. The average Bonchev–Trinajstić information content (AvgIpc) is 2.93. The quantitative estimate of drug-likeness (QED) is 0.695. The van der Waals surface area contributed by atoms with Crippen LogP contribution in [0.1, 0.15) is 17.7 Å². The maximum Gasteiger partial charge on any atom is 0.172 e. The number of fused-ring (bicyclic) bond motifs is 3. The van der Waals surface area contributed by atoms with Gasteiger partial charge in [-0.2, -0.15) is 0 Å². The predicted octanol–water partition coefficient (Wildman–Crippen LogP) is -1.05. The monoisotopic (exact) mass is 345 g/mol. The molecular formula is C15H25Cl2N5. The second-order valence-corrected chi connectivity index (χ2v) is 6.66. The molecule has 22 heavy (non-hydrogen) atoms. The molecule has 2 aromatic rings. The summed E-state index contributed by atoms with van der Waals surface area (Å²) in [4.78, 5) is 0. The highest BCUT2D eigenvalue weighted by molar-refractivity contribution is 5.85. The van der Waals surface area contributed by atoms with Crippen molar-refractivity contribution in [1.29, 1.82) is 0 Å². The highest BCUT2D eigenvalue weighted by Gasteiger charge is 2.18. The zero-order valence-electron chi connectivity index (χ0n) is 13.4. The smallest absolute Gasteiger partial charge is 0.172 e. The van der Waals surface area contributed by atoms with Gasteiger partial charge in [0, 0.05) is 5.69 Å². The number of rotatable bonds is 4. The largest absolute Gasteiger partial charge is 1.00 e. The lowest BCUT2D eigenvalue weighted by molar-refractivity contribution is -0.868. The van der Waals surface area contributed by atoms with E-state index >= 15 is 0 Å². The fourth-order valence-electron chi connectivity index (χ4n) is 2.80. The molecule has 0 saturated heterocycles. The topological polar surface area (TPSA) is 55.4 Å². The fraction of sp³-hybridized carbons (Fsp3) is 0.533. The zero-order chi connectivity index (χ0) is 14.3. The van der Waals surface area contributed by atoms with E-state index in [1.165, 1.54) is 17.7 Å². The van der Waals surface area contributed by atoms with Gasteiger partial charge in [0.25, 0.3) is 0 Å². The van der Waals surface area contributed by atoms with Gasteiger partial charge in [-0.05, 0) is 30.9 Å². The number of hydrogen-bond acceptors (Lipinski definition) is 3. The van der Waals surface area contributed by atoms with E-state index in [0.717, 1.165) is 47.4 Å². The maximum absolute atomic E-state index is 6.23. The first-order chi connectivity index (χ1) is 9.46. The summed E-state index contributed by atoms with van der Waals surface area (Å²) in [5.41, 5.74) is 10.8. The number of halogens is 2. The van der Waals surface area contributed by atoms with Gasteiger partial charge in [0.2, 0.25) is 0 Å². The molecule has 0 spiro atoms. The van der Waals surface area contributed by atoms with Crippen molar-refractivity contribution < 1.29 is 16.9 Å². The number of hydrogen-bond donors (Lipinski definition) is 2. The third-order valence-corrected chi connectivity index (χ3v) is 3.96. The van der Waals surface area contributed by atoms with E-state index < -0.39 is 0 Å². The Bertz CT molecular complexity index is 645. The predicted molar refractivity (Wildman–Crippen MR) is 90.3 cm³/mol. The van der Waals surface area contributed by atoms with Gasteiger partial charge in [-0.25, -0.2) is 4.52 Å². The van der Waals surface area contributed by atoms with E-state index in [1.54, 1.807) is 0 Å². The second-order valence-electron chi connectivity index (χ2n) is 6.66. The molecule has 0 radical (unpaired) electrons. The van der Waals surface area contributed by atoms with Crippen molar-refractivity contribution in [2.24, 2.45) is 0 Å². The summed E-state index contributed by atoms with van der Waals surface area (Å²) < 4.78 is 2.96. The Labute approximate surface area is 144 Å². The second kappa shape index (κ2) is 6.94. The lowest BCUT2D eigenvalue weighted by Crippen LogP contribution is -3.00. The summed E-state index contributed by atoms with van der Waals surface area (Å²) in [6, 6.07) is 4.29. The average molecular weight is 346 g/mol. The molecule has 1 aliphatic rings. The van der Waals surface area contributed by atoms with Crippen LogP contribution in [-0.2, 0) is 12.8 Å². The summed E-state index contributed by atoms with van der Waals surface area (Å²) in [7, 11) is 6.55. The van der Waals surface area contributed by atoms with Crippen molar-refractivity contribution in [2.75, 3.05) is 45.3 Å². The van der Waals surface area contributed by atoms with Gasteiger partial charge in [0.05, 0.1) is 39.7 Å². The molecule has 0 saturated carbocycles. The standard InChI is InChI=1S/C15H24N5.2ClH/c1-20(2,3)10-9-17-15-14(16)13-8-7-11-5-4-6-12(11)19(13)18-15;;/h7-8H,4-6,9-10,16H2,1-3H3,(H,17,18);2*1H/q+1;;/p-1. The van der Waals surface area contributed by atoms with Gasteiger partial charge >= 0.3 is 0 Å². The molecule has 3 N–H and O–H groups in total. The number of anilines is 2. The normalized spacial score (nSPS) is 13.4. The first kappa shape index (κ1) is 18.9. The first-order valence-electron chi connectivity index (χ1n) is 7.29. The summed E-state index contributed by atoms with van der Waals surface area (Å²) in [5, 5.41) is 8.05. The minimum atomic E-state index is 0. The van der Waals surface area contributed by atoms with Gasteiger partial charge in [-0.15, -0.1) is 17.5 Å².